The number of unbranched alkanes of at least 4 members (excludes halogenated alkanes) is 1. The fourth-order valence-electron chi connectivity index (χ4n) is 15.4. The van der Waals surface area contributed by atoms with E-state index in [0.29, 0.717) is 45.1 Å². The van der Waals surface area contributed by atoms with Crippen LogP contribution in [0.5, 0.6) is 0 Å². The second-order valence-corrected chi connectivity index (χ2v) is 36.8. The molecular weight excluding hydrogens is 1900 g/mol. The van der Waals surface area contributed by atoms with E-state index in [1.54, 1.807) is 88.6 Å². The number of H-pyrrole nitrogens is 2. The molecule has 18 amide bonds. The Hall–Kier alpha value is -14.3. The molecule has 15 atom stereocenters. The molecule has 3 heterocycles. The molecule has 0 aliphatic carbocycles. The first-order chi connectivity index (χ1) is 68.2. The minimum atomic E-state index is -1.78. The van der Waals surface area contributed by atoms with Gasteiger partial charge < -0.3 is 160 Å². The molecule has 0 radical (unpaired) electrons. The number of para-hydroxylation sites is 2. The summed E-state index contributed by atoms with van der Waals surface area (Å²) in [4.78, 5) is 283. The van der Waals surface area contributed by atoms with Gasteiger partial charge in [-0.2, -0.15) is 11.8 Å². The Labute approximate surface area is 835 Å². The van der Waals surface area contributed by atoms with Crippen molar-refractivity contribution >= 4 is 164 Å². The third kappa shape index (κ3) is 40.9. The monoisotopic (exact) mass is 2040 g/mol. The Kier molecular flexibility index (Phi) is 51.3. The number of nitrogens with zero attached hydrogens (tertiary/aromatic N) is 1. The minimum Gasteiger partial charge on any atom is -0.481 e. The number of hydrogen-bond donors (Lipinski definition) is 31. The van der Waals surface area contributed by atoms with Gasteiger partial charge in [-0.15, -0.1) is 0 Å². The van der Waals surface area contributed by atoms with Crippen LogP contribution < -0.4 is 124 Å². The number of benzene rings is 2. The van der Waals surface area contributed by atoms with E-state index >= 15 is 0 Å². The molecule has 0 unspecified atom stereocenters. The van der Waals surface area contributed by atoms with Crippen molar-refractivity contribution < 1.29 is 116 Å². The lowest BCUT2D eigenvalue weighted by molar-refractivity contribution is -0.141. The summed E-state index contributed by atoms with van der Waals surface area (Å²) in [6.45, 7) is 6.62. The van der Waals surface area contributed by atoms with Crippen LogP contribution in [0.2, 0.25) is 0 Å². The van der Waals surface area contributed by atoms with Gasteiger partial charge in [-0.05, 0) is 150 Å². The fourth-order valence-corrected chi connectivity index (χ4v) is 15.9. The molecule has 53 heteroatoms. The molecule has 5 rings (SSSR count). The van der Waals surface area contributed by atoms with Crippen LogP contribution in [0, 0.1) is 28.6 Å². The fraction of sp³-hybridized carbons (Fsp3) is 0.582. The second kappa shape index (κ2) is 61.5. The minimum absolute atomic E-state index is 0.00709. The number of thioether (sulfide) groups is 1. The smallest absolute Gasteiger partial charge is 0.322 e. The van der Waals surface area contributed by atoms with Crippen molar-refractivity contribution in [3.63, 3.8) is 0 Å². The van der Waals surface area contributed by atoms with Gasteiger partial charge >= 0.3 is 11.9 Å². The molecule has 144 heavy (non-hydrogen) atoms. The van der Waals surface area contributed by atoms with E-state index in [-0.39, 0.29) is 109 Å². The molecule has 0 spiro atoms. The number of nitrogens with two attached hydrogens (primary N) is 5. The van der Waals surface area contributed by atoms with Crippen LogP contribution in [0.4, 0.5) is 0 Å². The molecule has 0 saturated carbocycles. The van der Waals surface area contributed by atoms with Crippen LogP contribution in [-0.4, -0.2) is 327 Å². The zero-order valence-electron chi connectivity index (χ0n) is 82.0. The maximum atomic E-state index is 14.7. The third-order valence-corrected chi connectivity index (χ3v) is 23.8. The van der Waals surface area contributed by atoms with Gasteiger partial charge in [-0.25, -0.2) is 0 Å². The van der Waals surface area contributed by atoms with Gasteiger partial charge in [0.2, 0.25) is 106 Å². The van der Waals surface area contributed by atoms with E-state index in [1.165, 1.54) is 32.5 Å². The molecule has 0 bridgehead atoms. The Morgan fingerprint density at radius 1 is 0.438 bits per heavy atom. The number of guanidine groups is 2. The zero-order chi connectivity index (χ0) is 107. The van der Waals surface area contributed by atoms with Crippen molar-refractivity contribution in [2.75, 3.05) is 71.0 Å². The summed E-state index contributed by atoms with van der Waals surface area (Å²) in [6.07, 6.45) is 2.97. The SMILES string of the molecule is CSCC[C@H](N)C(=O)N[C@@H](CO)C(=O)N[C@@H](Cc1c[nH]c2ccccc12)C(=O)N[C@H](C(=O)N[C@@H](CCCNC(=N)N)C(=O)N[C@@H](CCC(N)=O)C(=O)N[C@@H](C)C(=O)N1CCC[C@H]1C(=O)NCC(=O)N[C@@H](CCCCN)C(=O)NCC(=O)N[C@@H](CC(C)C)C(=O)N[C@@H](CCC(=O)O)C(=O)N[C@@H](Cc1c[nH]c2ccccc12)C(=O)N[C@H](C(=O)N[C@@H](CO)C(=O)N[C@@H](CCCNC(=N)N)C(=O)NCC(=O)O)C(C)C)C(C)C. The molecule has 1 aliphatic heterocycles. The van der Waals surface area contributed by atoms with Crippen LogP contribution in [0.15, 0.2) is 60.9 Å². The lowest BCUT2D eigenvalue weighted by Crippen LogP contribution is -2.61. The lowest BCUT2D eigenvalue weighted by Gasteiger charge is -2.29. The van der Waals surface area contributed by atoms with E-state index in [1.807, 2.05) is 6.26 Å². The number of rotatable bonds is 65. The summed E-state index contributed by atoms with van der Waals surface area (Å²) in [6, 6.07) is -8.52. The van der Waals surface area contributed by atoms with Gasteiger partial charge in [0.1, 0.15) is 91.1 Å². The third-order valence-electron chi connectivity index (χ3n) is 23.2. The van der Waals surface area contributed by atoms with Gasteiger partial charge in [0, 0.05) is 79.5 Å². The van der Waals surface area contributed by atoms with Crippen LogP contribution >= 0.6 is 11.8 Å². The molecule has 4 aromatic rings. The van der Waals surface area contributed by atoms with Gasteiger partial charge in [0.25, 0.3) is 0 Å². The largest absolute Gasteiger partial charge is 0.481 e. The number of aliphatic hydroxyl groups is 2. The number of likely N-dealkylation sites (tertiary alicyclic amines) is 1. The molecule has 52 nitrogen and oxygen atoms in total. The van der Waals surface area contributed by atoms with Crippen molar-refractivity contribution in [3.05, 3.63) is 72.1 Å². The number of carbonyl (C=O) groups is 20. The first-order valence-corrected chi connectivity index (χ1v) is 48.8. The van der Waals surface area contributed by atoms with Gasteiger partial charge in [0.05, 0.1) is 32.3 Å². The number of primary amides is 1. The summed E-state index contributed by atoms with van der Waals surface area (Å²) in [7, 11) is 0. The normalized spacial score (nSPS) is 15.2. The number of carboxylic acids is 2. The first kappa shape index (κ1) is 120. The molecule has 796 valence electrons. The number of aromatic nitrogens is 2. The van der Waals surface area contributed by atoms with Gasteiger partial charge in [-0.3, -0.25) is 107 Å². The predicted octanol–water partition coefficient (Wildman–Crippen LogP) is -7.61. The van der Waals surface area contributed by atoms with Crippen LogP contribution in [0.3, 0.4) is 0 Å². The van der Waals surface area contributed by atoms with Crippen molar-refractivity contribution in [3.8, 4) is 0 Å². The van der Waals surface area contributed by atoms with Crippen molar-refractivity contribution in [2.24, 2.45) is 46.4 Å². The number of aliphatic carboxylic acids is 2. The Morgan fingerprint density at radius 3 is 1.28 bits per heavy atom. The molecule has 2 aromatic carbocycles. The average molecular weight is 2040 g/mol. The molecule has 1 fully saturated rings. The quantitative estimate of drug-likeness (QED) is 0.0111. The number of carboxylic acid groups (broad SMARTS) is 2. The first-order valence-electron chi connectivity index (χ1n) is 47.4. The molecule has 2 aromatic heterocycles. The zero-order valence-corrected chi connectivity index (χ0v) is 82.8. The average Bonchev–Trinajstić information content (AvgIpc) is 1.67. The highest BCUT2D eigenvalue weighted by Crippen LogP contribution is 2.24. The molecule has 36 N–H and O–H groups in total. The van der Waals surface area contributed by atoms with Crippen LogP contribution in [-0.2, 0) is 109 Å². The maximum absolute atomic E-state index is 14.7. The number of nitrogens with one attached hydrogen (secondary N) is 22. The van der Waals surface area contributed by atoms with Crippen molar-refractivity contribution in [1.29, 1.82) is 10.8 Å². The number of fused-ring (bicyclic) bond motifs is 2. The summed E-state index contributed by atoms with van der Waals surface area (Å²) >= 11 is 1.44. The number of aromatic amines is 2. The number of amides is 18. The van der Waals surface area contributed by atoms with Gasteiger partial charge in [0.15, 0.2) is 11.9 Å². The van der Waals surface area contributed by atoms with Crippen LogP contribution in [0.25, 0.3) is 21.8 Å². The molecule has 1 saturated heterocycles. The Morgan fingerprint density at radius 2 is 0.833 bits per heavy atom. The van der Waals surface area contributed by atoms with E-state index in [0.717, 1.165) is 4.90 Å². The summed E-state index contributed by atoms with van der Waals surface area (Å²) < 4.78 is 0. The van der Waals surface area contributed by atoms with E-state index in [2.05, 4.69) is 106 Å². The van der Waals surface area contributed by atoms with Crippen molar-refractivity contribution in [2.45, 2.75) is 248 Å². The Balaban J connectivity index is 1.26. The Bertz CT molecular complexity index is 5110. The van der Waals surface area contributed by atoms with E-state index in [4.69, 9.17) is 39.5 Å². The van der Waals surface area contributed by atoms with Crippen LogP contribution in [0.1, 0.15) is 156 Å². The highest BCUT2D eigenvalue weighted by molar-refractivity contribution is 7.98. The van der Waals surface area contributed by atoms with Gasteiger partial charge in [-0.1, -0.05) is 77.9 Å². The summed E-state index contributed by atoms with van der Waals surface area (Å²) in [5.41, 5.74) is 30.5. The highest BCUT2D eigenvalue weighted by Gasteiger charge is 2.42. The lowest BCUT2D eigenvalue weighted by atomic mass is 9.99. The van der Waals surface area contributed by atoms with Crippen molar-refractivity contribution in [1.82, 2.24) is 111 Å². The highest BCUT2D eigenvalue weighted by atomic mass is 32.2. The topological polar surface area (TPSA) is 851 Å². The summed E-state index contributed by atoms with van der Waals surface area (Å²) in [5, 5.41) is 101. The summed E-state index contributed by atoms with van der Waals surface area (Å²) in [5.74, 6) is -22.2. The maximum Gasteiger partial charge on any atom is 0.322 e. The van der Waals surface area contributed by atoms with E-state index in [9.17, 15) is 116 Å². The van der Waals surface area contributed by atoms with E-state index < -0.39 is 291 Å². The standard InChI is InChI=1S/C91H142N28O24S/c1-46(2)36-62(81(135)111-61(27-29-71(125)126)80(134)113-63(37-50-39-101-55-20-11-9-18-52(50)55)82(136)118-74(48(5)6)88(142)116-66(45-121)84(138)109-58(23-15-32-99-90(95)96)77(131)105-43-72(127)128)108-70(124)41-103-76(130)57(22-13-14-31-92)107-69(123)42-104-86(140)67-25-17-34-119(67)89(143)49(7)106-78(132)60(26-28-68(94)122)110-79(133)59(24-16-33-100-91(97)98)112-87(141)73(47(3)4)117-83(137)64(38-51-40-102-56-21-12-10-19-53(51)56)114-85(139)65(44-120)115-75(129)54(93)30-35-144-8/h9-12,18-21,39-40,46-49,54,57-67,73-74,101-102,120-121H,13-17,22-38,41-45,92-93H2,1-8H3,(H2,94,122)(H,103,130)(H,104,140)(H,105,131)(H,106,132)(H,107,123)(H,108,124)(H,109,138)(H,110,133)(H,111,135)(H,112,141)(H,113,134)(H,114,139)(H,115,129)(H,116,142)(H,117,137)(H,118,136)(H,125,126)(H,127,128)(H4,95,96,99)(H4,97,98,100)/t49-,54-,57-,58-,59-,60-,61-,62-,63-,64-,65-,66-,67-,73-,74-/m0/s1. The predicted molar refractivity (Wildman–Crippen MR) is 527 cm³/mol. The number of hydrogen-bond acceptors (Lipinski definition) is 27. The molecule has 1 aliphatic rings. The number of carbonyl (C=O) groups excluding carboxylic acids is 18. The molecular formula is C91H142N28O24S. The number of aliphatic hydroxyl groups excluding tert-OH is 2. The second-order valence-electron chi connectivity index (χ2n) is 35.9.